The number of morpholine rings is 1. The maximum Gasteiger partial charge on any atom is 0.0855 e. The van der Waals surface area contributed by atoms with Crippen LogP contribution in [-0.4, -0.2) is 59.1 Å². The first-order valence-electron chi connectivity index (χ1n) is 8.16. The lowest BCUT2D eigenvalue weighted by atomic mass is 10.0. The smallest absolute Gasteiger partial charge is 0.0855 e. The van der Waals surface area contributed by atoms with Crippen molar-refractivity contribution in [3.63, 3.8) is 0 Å². The van der Waals surface area contributed by atoms with E-state index < -0.39 is 0 Å². The molecule has 5 heteroatoms. The molecule has 2 unspecified atom stereocenters. The Balaban J connectivity index is 1.90. The highest BCUT2D eigenvalue weighted by Crippen LogP contribution is 2.15. The molecule has 21 heavy (non-hydrogen) atoms. The Morgan fingerprint density at radius 2 is 2.29 bits per heavy atom. The molecular weight excluding hydrogens is 264 g/mol. The fourth-order valence-electron chi connectivity index (χ4n) is 3.01. The number of ether oxygens (including phenoxy) is 1. The van der Waals surface area contributed by atoms with Crippen LogP contribution < -0.4 is 5.32 Å². The topological polar surface area (TPSA) is 42.3 Å². The van der Waals surface area contributed by atoms with Crippen molar-refractivity contribution in [1.82, 2.24) is 20.0 Å². The summed E-state index contributed by atoms with van der Waals surface area (Å²) in [5.41, 5.74) is 1.30. The summed E-state index contributed by atoms with van der Waals surface area (Å²) >= 11 is 0. The molecule has 0 saturated carbocycles. The fourth-order valence-corrected chi connectivity index (χ4v) is 3.01. The number of likely N-dealkylation sites (N-methyl/N-ethyl adjacent to an activating group) is 1. The molecule has 1 aliphatic heterocycles. The molecule has 0 radical (unpaired) electrons. The minimum Gasteiger partial charge on any atom is -0.374 e. The second-order valence-corrected chi connectivity index (χ2v) is 6.22. The lowest BCUT2D eigenvalue weighted by Gasteiger charge is -2.39. The first kappa shape index (κ1) is 16.5. The fraction of sp³-hybridized carbons (Fsp3) is 0.812. The summed E-state index contributed by atoms with van der Waals surface area (Å²) in [6.07, 6.45) is 6.50. The van der Waals surface area contributed by atoms with Crippen LogP contribution in [0.3, 0.4) is 0 Å². The first-order valence-corrected chi connectivity index (χ1v) is 8.16. The Morgan fingerprint density at radius 1 is 1.48 bits per heavy atom. The Bertz CT molecular complexity index is 418. The lowest BCUT2D eigenvalue weighted by Crippen LogP contribution is -2.53. The molecule has 2 rings (SSSR count). The number of hydrogen-bond donors (Lipinski definition) is 1. The zero-order chi connectivity index (χ0) is 15.2. The Hall–Kier alpha value is -0.910. The molecule has 1 aromatic rings. The second kappa shape index (κ2) is 7.92. The second-order valence-electron chi connectivity index (χ2n) is 6.22. The van der Waals surface area contributed by atoms with Gasteiger partial charge in [-0.25, -0.2) is 0 Å². The molecule has 0 spiro atoms. The molecule has 1 aromatic heterocycles. The minimum absolute atomic E-state index is 0.290. The number of hydrogen-bond acceptors (Lipinski definition) is 4. The summed E-state index contributed by atoms with van der Waals surface area (Å²) in [6.45, 7) is 10.6. The molecule has 120 valence electrons. The van der Waals surface area contributed by atoms with Crippen LogP contribution in [-0.2, 0) is 18.2 Å². The van der Waals surface area contributed by atoms with E-state index in [0.717, 1.165) is 39.1 Å². The third kappa shape index (κ3) is 4.80. The van der Waals surface area contributed by atoms with E-state index in [-0.39, 0.29) is 6.10 Å². The van der Waals surface area contributed by atoms with Crippen LogP contribution >= 0.6 is 0 Å². The monoisotopic (exact) mass is 294 g/mol. The molecule has 2 atom stereocenters. The quantitative estimate of drug-likeness (QED) is 0.826. The van der Waals surface area contributed by atoms with Gasteiger partial charge in [0.25, 0.3) is 0 Å². The number of aryl methyl sites for hydroxylation is 2. The van der Waals surface area contributed by atoms with Crippen molar-refractivity contribution < 1.29 is 4.74 Å². The van der Waals surface area contributed by atoms with Crippen molar-refractivity contribution in [2.45, 2.75) is 51.8 Å². The number of aromatic nitrogens is 2. The van der Waals surface area contributed by atoms with Gasteiger partial charge in [-0.15, -0.1) is 0 Å². The largest absolute Gasteiger partial charge is 0.374 e. The van der Waals surface area contributed by atoms with Gasteiger partial charge in [-0.2, -0.15) is 5.10 Å². The van der Waals surface area contributed by atoms with Crippen LogP contribution in [0, 0.1) is 0 Å². The first-order chi connectivity index (χ1) is 10.1. The van der Waals surface area contributed by atoms with Crippen LogP contribution in [0.5, 0.6) is 0 Å². The molecule has 1 N–H and O–H groups in total. The highest BCUT2D eigenvalue weighted by atomic mass is 16.5. The Labute approximate surface area is 128 Å². The molecule has 1 aliphatic rings. The average molecular weight is 294 g/mol. The Kier molecular flexibility index (Phi) is 6.21. The van der Waals surface area contributed by atoms with E-state index in [1.807, 2.05) is 17.9 Å². The van der Waals surface area contributed by atoms with E-state index in [0.29, 0.717) is 12.1 Å². The van der Waals surface area contributed by atoms with Gasteiger partial charge in [0.2, 0.25) is 0 Å². The molecular formula is C16H30N4O. The summed E-state index contributed by atoms with van der Waals surface area (Å²) < 4.78 is 7.91. The molecule has 2 heterocycles. The van der Waals surface area contributed by atoms with Gasteiger partial charge in [-0.1, -0.05) is 6.92 Å². The van der Waals surface area contributed by atoms with Crippen molar-refractivity contribution in [2.24, 2.45) is 7.05 Å². The zero-order valence-corrected chi connectivity index (χ0v) is 13.9. The normalized spacial score (nSPS) is 21.9. The zero-order valence-electron chi connectivity index (χ0n) is 13.9. The third-order valence-electron chi connectivity index (χ3n) is 4.27. The summed E-state index contributed by atoms with van der Waals surface area (Å²) in [4.78, 5) is 2.52. The van der Waals surface area contributed by atoms with Crippen molar-refractivity contribution in [3.05, 3.63) is 18.0 Å². The van der Waals surface area contributed by atoms with Gasteiger partial charge < -0.3 is 10.1 Å². The molecule has 1 fully saturated rings. The van der Waals surface area contributed by atoms with Crippen LogP contribution in [0.2, 0.25) is 0 Å². The van der Waals surface area contributed by atoms with Gasteiger partial charge in [0.1, 0.15) is 0 Å². The SMILES string of the molecule is CCNC(CCc1cnn(C)c1)C1CN(C(C)C)CCO1. The molecule has 0 aliphatic carbocycles. The van der Waals surface area contributed by atoms with E-state index >= 15 is 0 Å². The number of nitrogens with zero attached hydrogens (tertiary/aromatic N) is 3. The minimum atomic E-state index is 0.290. The summed E-state index contributed by atoms with van der Waals surface area (Å²) in [7, 11) is 1.97. The van der Waals surface area contributed by atoms with Gasteiger partial charge in [-0.3, -0.25) is 9.58 Å². The van der Waals surface area contributed by atoms with Crippen LogP contribution in [0.25, 0.3) is 0 Å². The van der Waals surface area contributed by atoms with E-state index in [1.54, 1.807) is 0 Å². The number of rotatable bonds is 7. The molecule has 0 bridgehead atoms. The van der Waals surface area contributed by atoms with Crippen molar-refractivity contribution in [2.75, 3.05) is 26.2 Å². The molecule has 0 amide bonds. The molecule has 5 nitrogen and oxygen atoms in total. The molecule has 1 saturated heterocycles. The van der Waals surface area contributed by atoms with Crippen LogP contribution in [0.15, 0.2) is 12.4 Å². The summed E-state index contributed by atoms with van der Waals surface area (Å²) in [5, 5.41) is 7.86. The highest BCUT2D eigenvalue weighted by Gasteiger charge is 2.28. The highest BCUT2D eigenvalue weighted by molar-refractivity contribution is 5.04. The van der Waals surface area contributed by atoms with Crippen molar-refractivity contribution >= 4 is 0 Å². The lowest BCUT2D eigenvalue weighted by molar-refractivity contribution is -0.0562. The standard InChI is InChI=1S/C16H30N4O/c1-5-17-15(7-6-14-10-18-19(4)11-14)16-12-20(13(2)3)8-9-21-16/h10-11,13,15-17H,5-9,12H2,1-4H3. The van der Waals surface area contributed by atoms with Gasteiger partial charge >= 0.3 is 0 Å². The number of nitrogens with one attached hydrogen (secondary N) is 1. The predicted molar refractivity (Wildman–Crippen MR) is 85.4 cm³/mol. The van der Waals surface area contributed by atoms with E-state index in [2.05, 4.69) is 42.3 Å². The van der Waals surface area contributed by atoms with Gasteiger partial charge in [0.15, 0.2) is 0 Å². The predicted octanol–water partition coefficient (Wildman–Crippen LogP) is 1.44. The Morgan fingerprint density at radius 3 is 2.90 bits per heavy atom. The van der Waals surface area contributed by atoms with Gasteiger partial charge in [-0.05, 0) is 38.8 Å². The van der Waals surface area contributed by atoms with Gasteiger partial charge in [0, 0.05) is 38.4 Å². The van der Waals surface area contributed by atoms with Gasteiger partial charge in [0.05, 0.1) is 18.9 Å². The maximum absolute atomic E-state index is 6.04. The maximum atomic E-state index is 6.04. The molecule has 0 aromatic carbocycles. The van der Waals surface area contributed by atoms with E-state index in [9.17, 15) is 0 Å². The van der Waals surface area contributed by atoms with Crippen LogP contribution in [0.1, 0.15) is 32.8 Å². The van der Waals surface area contributed by atoms with Crippen molar-refractivity contribution in [3.8, 4) is 0 Å². The van der Waals surface area contributed by atoms with E-state index in [4.69, 9.17) is 4.74 Å². The van der Waals surface area contributed by atoms with E-state index in [1.165, 1.54) is 5.56 Å². The summed E-state index contributed by atoms with van der Waals surface area (Å²) in [5.74, 6) is 0. The van der Waals surface area contributed by atoms with Crippen LogP contribution in [0.4, 0.5) is 0 Å². The van der Waals surface area contributed by atoms with Crippen molar-refractivity contribution in [1.29, 1.82) is 0 Å². The third-order valence-corrected chi connectivity index (χ3v) is 4.27. The summed E-state index contributed by atoms with van der Waals surface area (Å²) in [6, 6.07) is 1.01. The average Bonchev–Trinajstić information content (AvgIpc) is 2.89.